The van der Waals surface area contributed by atoms with Crippen molar-refractivity contribution in [2.24, 2.45) is 0 Å². The first-order valence-electron chi connectivity index (χ1n) is 9.94. The maximum atomic E-state index is 12.9. The van der Waals surface area contributed by atoms with Gasteiger partial charge in [0.05, 0.1) is 6.61 Å². The summed E-state index contributed by atoms with van der Waals surface area (Å²) < 4.78 is 23.8. The van der Waals surface area contributed by atoms with Gasteiger partial charge in [-0.1, -0.05) is 6.07 Å². The maximum Gasteiger partial charge on any atom is 0.220 e. The van der Waals surface area contributed by atoms with Crippen LogP contribution in [-0.2, 0) is 11.3 Å². The number of aromatic nitrogens is 1. The second-order valence-electron chi connectivity index (χ2n) is 6.72. The lowest BCUT2D eigenvalue weighted by atomic mass is 10.1. The summed E-state index contributed by atoms with van der Waals surface area (Å²) >= 11 is 0. The molecule has 0 unspecified atom stereocenters. The van der Waals surface area contributed by atoms with Crippen LogP contribution in [0.4, 0.5) is 4.39 Å². The molecule has 1 aromatic heterocycles. The number of carbonyl (C=O) groups excluding carboxylic acids is 2. The number of amides is 1. The van der Waals surface area contributed by atoms with Crippen molar-refractivity contribution in [2.45, 2.75) is 26.3 Å². The summed E-state index contributed by atoms with van der Waals surface area (Å²) in [5.41, 5.74) is 1.34. The third-order valence-corrected chi connectivity index (χ3v) is 4.39. The minimum absolute atomic E-state index is 0.0952. The Hall–Kier alpha value is -3.74. The molecule has 2 aromatic carbocycles. The fraction of sp³-hybridized carbons (Fsp3) is 0.208. The quantitative estimate of drug-likeness (QED) is 0.480. The van der Waals surface area contributed by atoms with Crippen LogP contribution in [0.1, 0.15) is 35.7 Å². The number of halogens is 1. The lowest BCUT2D eigenvalue weighted by molar-refractivity contribution is -0.121. The second kappa shape index (κ2) is 10.9. The van der Waals surface area contributed by atoms with Gasteiger partial charge in [0.2, 0.25) is 11.8 Å². The summed E-state index contributed by atoms with van der Waals surface area (Å²) in [7, 11) is 0. The van der Waals surface area contributed by atoms with E-state index in [1.54, 1.807) is 42.6 Å². The van der Waals surface area contributed by atoms with Crippen molar-refractivity contribution in [2.75, 3.05) is 6.61 Å². The predicted molar refractivity (Wildman–Crippen MR) is 114 cm³/mol. The minimum atomic E-state index is -0.340. The Bertz CT molecular complexity index is 1000. The van der Waals surface area contributed by atoms with E-state index in [1.165, 1.54) is 24.3 Å². The average molecular weight is 422 g/mol. The van der Waals surface area contributed by atoms with Crippen LogP contribution in [0, 0.1) is 5.82 Å². The molecule has 0 fully saturated rings. The van der Waals surface area contributed by atoms with E-state index in [9.17, 15) is 14.0 Å². The van der Waals surface area contributed by atoms with Gasteiger partial charge in [-0.3, -0.25) is 9.59 Å². The number of ketones is 1. The highest BCUT2D eigenvalue weighted by Crippen LogP contribution is 2.19. The molecule has 0 aliphatic rings. The Morgan fingerprint density at radius 3 is 2.29 bits per heavy atom. The molecule has 1 amide bonds. The van der Waals surface area contributed by atoms with E-state index in [4.69, 9.17) is 9.47 Å². The number of benzene rings is 2. The van der Waals surface area contributed by atoms with Crippen LogP contribution in [0.15, 0.2) is 66.9 Å². The van der Waals surface area contributed by atoms with Crippen molar-refractivity contribution in [1.29, 1.82) is 0 Å². The van der Waals surface area contributed by atoms with E-state index in [2.05, 4.69) is 10.3 Å². The van der Waals surface area contributed by atoms with Crippen LogP contribution in [0.25, 0.3) is 0 Å². The largest absolute Gasteiger partial charge is 0.494 e. The van der Waals surface area contributed by atoms with E-state index < -0.39 is 0 Å². The van der Waals surface area contributed by atoms with Crippen LogP contribution in [-0.4, -0.2) is 23.3 Å². The summed E-state index contributed by atoms with van der Waals surface area (Å²) in [6, 6.07) is 16.0. The maximum absolute atomic E-state index is 12.9. The Kier molecular flexibility index (Phi) is 7.70. The Morgan fingerprint density at radius 1 is 0.935 bits per heavy atom. The molecule has 0 spiro atoms. The summed E-state index contributed by atoms with van der Waals surface area (Å²) in [6.07, 6.45) is 1.82. The van der Waals surface area contributed by atoms with E-state index >= 15 is 0 Å². The minimum Gasteiger partial charge on any atom is -0.494 e. The number of Topliss-reactive ketones (excluding diaryl/α,β-unsaturated/α-hetero) is 1. The molecule has 1 N–H and O–H groups in total. The van der Waals surface area contributed by atoms with Crippen LogP contribution in [0.3, 0.4) is 0 Å². The lowest BCUT2D eigenvalue weighted by Crippen LogP contribution is -2.23. The van der Waals surface area contributed by atoms with Crippen molar-refractivity contribution in [1.82, 2.24) is 10.3 Å². The van der Waals surface area contributed by atoms with Crippen LogP contribution < -0.4 is 14.8 Å². The lowest BCUT2D eigenvalue weighted by Gasteiger charge is -2.08. The molecular formula is C24H23FN2O4. The molecule has 0 bridgehead atoms. The summed E-state index contributed by atoms with van der Waals surface area (Å²) in [6.45, 7) is 2.75. The molecule has 3 aromatic rings. The first-order chi connectivity index (χ1) is 15.0. The number of hydrogen-bond donors (Lipinski definition) is 1. The zero-order valence-corrected chi connectivity index (χ0v) is 17.1. The number of ether oxygens (including phenoxy) is 2. The molecule has 1 heterocycles. The second-order valence-corrected chi connectivity index (χ2v) is 6.72. The fourth-order valence-corrected chi connectivity index (χ4v) is 2.76. The van der Waals surface area contributed by atoms with Crippen molar-refractivity contribution in [3.05, 3.63) is 83.8 Å². The fourth-order valence-electron chi connectivity index (χ4n) is 2.76. The molecule has 160 valence electrons. The molecule has 0 atom stereocenters. The molecule has 0 aliphatic carbocycles. The van der Waals surface area contributed by atoms with Crippen molar-refractivity contribution >= 4 is 11.7 Å². The molecule has 6 nitrogen and oxygen atoms in total. The van der Waals surface area contributed by atoms with Gasteiger partial charge in [0.15, 0.2) is 5.78 Å². The SMILES string of the molecule is CCOc1ccc(C(=O)CCC(=O)NCc2ccc(Oc3ccc(F)cc3)nc2)cc1. The summed E-state index contributed by atoms with van der Waals surface area (Å²) in [5.74, 6) is 0.898. The zero-order valence-electron chi connectivity index (χ0n) is 17.1. The number of nitrogens with zero attached hydrogens (tertiary/aromatic N) is 1. The monoisotopic (exact) mass is 422 g/mol. The van der Waals surface area contributed by atoms with Gasteiger partial charge in [0, 0.05) is 37.2 Å². The van der Waals surface area contributed by atoms with E-state index in [0.717, 1.165) is 5.56 Å². The zero-order chi connectivity index (χ0) is 22.1. The number of carbonyl (C=O) groups is 2. The van der Waals surface area contributed by atoms with Gasteiger partial charge in [-0.15, -0.1) is 0 Å². The number of hydrogen-bond acceptors (Lipinski definition) is 5. The molecule has 3 rings (SSSR count). The van der Waals surface area contributed by atoms with Gasteiger partial charge < -0.3 is 14.8 Å². The standard InChI is InChI=1S/C24H23FN2O4/c1-2-30-20-8-4-18(5-9-20)22(28)12-13-23(29)26-15-17-3-14-24(27-16-17)31-21-10-6-19(25)7-11-21/h3-11,14,16H,2,12-13,15H2,1H3,(H,26,29). The third kappa shape index (κ3) is 6.92. The first kappa shape index (κ1) is 22.0. The highest BCUT2D eigenvalue weighted by Gasteiger charge is 2.10. The van der Waals surface area contributed by atoms with Crippen molar-refractivity contribution in [3.63, 3.8) is 0 Å². The predicted octanol–water partition coefficient (Wildman–Crippen LogP) is 4.69. The molecule has 7 heteroatoms. The van der Waals surface area contributed by atoms with Crippen LogP contribution >= 0.6 is 0 Å². The van der Waals surface area contributed by atoms with Crippen molar-refractivity contribution in [3.8, 4) is 17.4 Å². The molecular weight excluding hydrogens is 399 g/mol. The van der Waals surface area contributed by atoms with Crippen LogP contribution in [0.5, 0.6) is 17.4 Å². The van der Waals surface area contributed by atoms with E-state index in [1.807, 2.05) is 6.92 Å². The summed E-state index contributed by atoms with van der Waals surface area (Å²) in [4.78, 5) is 28.5. The number of rotatable bonds is 10. The van der Waals surface area contributed by atoms with Gasteiger partial charge in [-0.05, 0) is 61.0 Å². The normalized spacial score (nSPS) is 10.4. The molecule has 0 radical (unpaired) electrons. The molecule has 0 aliphatic heterocycles. The first-order valence-corrected chi connectivity index (χ1v) is 9.94. The highest BCUT2D eigenvalue weighted by molar-refractivity contribution is 5.98. The van der Waals surface area contributed by atoms with Gasteiger partial charge in [0.25, 0.3) is 0 Å². The van der Waals surface area contributed by atoms with E-state index in [0.29, 0.717) is 36.1 Å². The third-order valence-electron chi connectivity index (χ3n) is 4.39. The molecule has 31 heavy (non-hydrogen) atoms. The van der Waals surface area contributed by atoms with Crippen LogP contribution in [0.2, 0.25) is 0 Å². The highest BCUT2D eigenvalue weighted by atomic mass is 19.1. The number of nitrogens with one attached hydrogen (secondary N) is 1. The van der Waals surface area contributed by atoms with Gasteiger partial charge in [0.1, 0.15) is 17.3 Å². The Balaban J connectivity index is 1.41. The topological polar surface area (TPSA) is 77.5 Å². The number of pyridine rings is 1. The smallest absolute Gasteiger partial charge is 0.220 e. The average Bonchev–Trinajstić information content (AvgIpc) is 2.79. The molecule has 0 saturated heterocycles. The Labute approximate surface area is 180 Å². The van der Waals surface area contributed by atoms with Gasteiger partial charge in [-0.2, -0.15) is 0 Å². The molecule has 0 saturated carbocycles. The van der Waals surface area contributed by atoms with Gasteiger partial charge >= 0.3 is 0 Å². The summed E-state index contributed by atoms with van der Waals surface area (Å²) in [5, 5.41) is 2.77. The van der Waals surface area contributed by atoms with Crippen molar-refractivity contribution < 1.29 is 23.5 Å². The van der Waals surface area contributed by atoms with E-state index in [-0.39, 0.29) is 30.3 Å². The Morgan fingerprint density at radius 2 is 1.65 bits per heavy atom. The van der Waals surface area contributed by atoms with Gasteiger partial charge in [-0.25, -0.2) is 9.37 Å².